The number of nitrogens with two attached hydrogens (primary N) is 1. The highest BCUT2D eigenvalue weighted by molar-refractivity contribution is 7.15. The van der Waals surface area contributed by atoms with Crippen LogP contribution in [0.25, 0.3) is 0 Å². The molecule has 2 N–H and O–H groups in total. The maximum Gasteiger partial charge on any atom is 0.230 e. The third-order valence-corrected chi connectivity index (χ3v) is 4.88. The Balaban J connectivity index is 1.74. The van der Waals surface area contributed by atoms with E-state index in [1.807, 2.05) is 0 Å². The van der Waals surface area contributed by atoms with Gasteiger partial charge in [0.15, 0.2) is 0 Å². The van der Waals surface area contributed by atoms with Crippen LogP contribution in [-0.4, -0.2) is 28.7 Å². The second-order valence-corrected chi connectivity index (χ2v) is 6.21. The van der Waals surface area contributed by atoms with Gasteiger partial charge in [0.2, 0.25) is 11.0 Å². The molecule has 0 spiro atoms. The van der Waals surface area contributed by atoms with Crippen molar-refractivity contribution in [2.24, 2.45) is 5.73 Å². The molecule has 2 heterocycles. The van der Waals surface area contributed by atoms with Gasteiger partial charge in [0.1, 0.15) is 5.01 Å². The molecule has 0 radical (unpaired) electrons. The predicted octanol–water partition coefficient (Wildman–Crippen LogP) is 1.65. The number of rotatable bonds is 2. The van der Waals surface area contributed by atoms with E-state index in [1.54, 1.807) is 16.2 Å². The first-order valence-corrected chi connectivity index (χ1v) is 7.45. The first-order chi connectivity index (χ1) is 8.74. The minimum absolute atomic E-state index is 0.0560. The van der Waals surface area contributed by atoms with Crippen molar-refractivity contribution in [2.45, 2.75) is 50.5 Å². The van der Waals surface area contributed by atoms with Crippen LogP contribution in [0.3, 0.4) is 0 Å². The highest BCUT2D eigenvalue weighted by Crippen LogP contribution is 2.36. The molecule has 98 valence electrons. The van der Waals surface area contributed by atoms with Crippen LogP contribution in [0.15, 0.2) is 0 Å². The van der Waals surface area contributed by atoms with Gasteiger partial charge in [-0.2, -0.15) is 0 Å². The number of carbonyl (C=O) groups is 1. The second-order valence-electron chi connectivity index (χ2n) is 5.23. The summed E-state index contributed by atoms with van der Waals surface area (Å²) in [5.41, 5.74) is 5.80. The van der Waals surface area contributed by atoms with E-state index in [0.717, 1.165) is 10.1 Å². The molecule has 1 aromatic rings. The summed E-state index contributed by atoms with van der Waals surface area (Å²) in [6.45, 7) is 0.581. The summed E-state index contributed by atoms with van der Waals surface area (Å²) >= 11 is 1.57. The third kappa shape index (κ3) is 2.27. The van der Waals surface area contributed by atoms with E-state index in [4.69, 9.17) is 5.73 Å². The Morgan fingerprint density at radius 2 is 2.00 bits per heavy atom. The number of aromatic nitrogens is 2. The van der Waals surface area contributed by atoms with E-state index < -0.39 is 0 Å². The van der Waals surface area contributed by atoms with Crippen LogP contribution in [0.4, 0.5) is 5.13 Å². The Kier molecular flexibility index (Phi) is 3.30. The molecule has 5 nitrogen and oxygen atoms in total. The molecule has 2 fully saturated rings. The molecule has 6 heteroatoms. The van der Waals surface area contributed by atoms with Gasteiger partial charge in [0.05, 0.1) is 0 Å². The summed E-state index contributed by atoms with van der Waals surface area (Å²) in [5, 5.41) is 10.3. The van der Waals surface area contributed by atoms with Crippen LogP contribution in [0.2, 0.25) is 0 Å². The first kappa shape index (κ1) is 12.0. The van der Waals surface area contributed by atoms with E-state index >= 15 is 0 Å². The molecular formula is C12H18N4OS. The lowest BCUT2D eigenvalue weighted by Crippen LogP contribution is -2.27. The fourth-order valence-corrected chi connectivity index (χ4v) is 3.81. The topological polar surface area (TPSA) is 72.1 Å². The van der Waals surface area contributed by atoms with Crippen LogP contribution in [-0.2, 0) is 4.79 Å². The number of anilines is 1. The number of hydrogen-bond acceptors (Lipinski definition) is 5. The maximum absolute atomic E-state index is 11.8. The minimum Gasteiger partial charge on any atom is -0.326 e. The lowest BCUT2D eigenvalue weighted by atomic mass is 9.90. The molecule has 1 unspecified atom stereocenters. The summed E-state index contributed by atoms with van der Waals surface area (Å²) < 4.78 is 0. The highest BCUT2D eigenvalue weighted by Gasteiger charge is 2.31. The average Bonchev–Trinajstić information content (AvgIpc) is 2.97. The summed E-state index contributed by atoms with van der Waals surface area (Å²) in [6.07, 6.45) is 6.75. The van der Waals surface area contributed by atoms with Crippen LogP contribution in [0.1, 0.15) is 49.5 Å². The molecule has 1 aliphatic heterocycles. The van der Waals surface area contributed by atoms with Crippen LogP contribution in [0, 0.1) is 0 Å². The molecule has 3 rings (SSSR count). The Morgan fingerprint density at radius 1 is 1.22 bits per heavy atom. The standard InChI is InChI=1S/C12H18N4OS/c13-9-6-10(17)16(7-9)12-15-14-11(18-12)8-4-2-1-3-5-8/h8-9H,1-7,13H2. The summed E-state index contributed by atoms with van der Waals surface area (Å²) in [7, 11) is 0. The first-order valence-electron chi connectivity index (χ1n) is 6.63. The largest absolute Gasteiger partial charge is 0.326 e. The SMILES string of the molecule is NC1CC(=O)N(c2nnc(C3CCCCC3)s2)C1. The number of carbonyl (C=O) groups excluding carboxylic acids is 1. The van der Waals surface area contributed by atoms with Gasteiger partial charge in [-0.1, -0.05) is 30.6 Å². The monoisotopic (exact) mass is 266 g/mol. The Morgan fingerprint density at radius 3 is 2.67 bits per heavy atom. The Labute approximate surface area is 110 Å². The van der Waals surface area contributed by atoms with Crippen molar-refractivity contribution in [1.29, 1.82) is 0 Å². The molecule has 1 atom stereocenters. The van der Waals surface area contributed by atoms with Crippen LogP contribution in [0.5, 0.6) is 0 Å². The van der Waals surface area contributed by atoms with Crippen molar-refractivity contribution in [2.75, 3.05) is 11.4 Å². The summed E-state index contributed by atoms with van der Waals surface area (Å²) in [5.74, 6) is 0.630. The van der Waals surface area contributed by atoms with Crippen LogP contribution >= 0.6 is 11.3 Å². The number of hydrogen-bond donors (Lipinski definition) is 1. The quantitative estimate of drug-likeness (QED) is 0.883. The highest BCUT2D eigenvalue weighted by atomic mass is 32.1. The molecule has 1 saturated carbocycles. The zero-order chi connectivity index (χ0) is 12.5. The lowest BCUT2D eigenvalue weighted by molar-refractivity contribution is -0.117. The molecule has 18 heavy (non-hydrogen) atoms. The van der Waals surface area contributed by atoms with Crippen molar-refractivity contribution in [3.63, 3.8) is 0 Å². The lowest BCUT2D eigenvalue weighted by Gasteiger charge is -2.18. The van der Waals surface area contributed by atoms with Crippen molar-refractivity contribution in [3.8, 4) is 0 Å². The van der Waals surface area contributed by atoms with Gasteiger partial charge in [0.25, 0.3) is 0 Å². The van der Waals surface area contributed by atoms with Gasteiger partial charge in [0, 0.05) is 24.9 Å². The fraction of sp³-hybridized carbons (Fsp3) is 0.750. The molecule has 2 aliphatic rings. The van der Waals surface area contributed by atoms with E-state index in [2.05, 4.69) is 10.2 Å². The Hall–Kier alpha value is -1.01. The molecule has 1 aromatic heterocycles. The van der Waals surface area contributed by atoms with E-state index in [-0.39, 0.29) is 11.9 Å². The maximum atomic E-state index is 11.8. The van der Waals surface area contributed by atoms with Crippen molar-refractivity contribution in [1.82, 2.24) is 10.2 Å². The molecule has 0 bridgehead atoms. The molecular weight excluding hydrogens is 248 g/mol. The zero-order valence-electron chi connectivity index (χ0n) is 10.3. The third-order valence-electron chi connectivity index (χ3n) is 3.77. The molecule has 0 aromatic carbocycles. The van der Waals surface area contributed by atoms with Crippen molar-refractivity contribution in [3.05, 3.63) is 5.01 Å². The minimum atomic E-state index is -0.0560. The van der Waals surface area contributed by atoms with Crippen LogP contribution < -0.4 is 10.6 Å². The smallest absolute Gasteiger partial charge is 0.230 e. The molecule has 1 amide bonds. The zero-order valence-corrected chi connectivity index (χ0v) is 11.2. The van der Waals surface area contributed by atoms with Gasteiger partial charge >= 0.3 is 0 Å². The van der Waals surface area contributed by atoms with Gasteiger partial charge in [-0.3, -0.25) is 9.69 Å². The molecule has 1 saturated heterocycles. The van der Waals surface area contributed by atoms with Crippen molar-refractivity contribution < 1.29 is 4.79 Å². The number of amides is 1. The van der Waals surface area contributed by atoms with Gasteiger partial charge < -0.3 is 5.73 Å². The molecule has 1 aliphatic carbocycles. The second kappa shape index (κ2) is 4.93. The summed E-state index contributed by atoms with van der Waals surface area (Å²) in [6, 6.07) is -0.0560. The Bertz CT molecular complexity index is 441. The normalized spacial score (nSPS) is 25.9. The average molecular weight is 266 g/mol. The fourth-order valence-electron chi connectivity index (χ4n) is 2.77. The van der Waals surface area contributed by atoms with Gasteiger partial charge in [-0.15, -0.1) is 10.2 Å². The predicted molar refractivity (Wildman–Crippen MR) is 70.7 cm³/mol. The van der Waals surface area contributed by atoms with E-state index in [1.165, 1.54) is 32.1 Å². The van der Waals surface area contributed by atoms with Crippen molar-refractivity contribution >= 4 is 22.4 Å². The van der Waals surface area contributed by atoms with E-state index in [9.17, 15) is 4.79 Å². The van der Waals surface area contributed by atoms with Gasteiger partial charge in [-0.05, 0) is 12.8 Å². The summed E-state index contributed by atoms with van der Waals surface area (Å²) in [4.78, 5) is 13.4. The van der Waals surface area contributed by atoms with E-state index in [0.29, 0.717) is 18.9 Å². The number of nitrogens with zero attached hydrogens (tertiary/aromatic N) is 3. The van der Waals surface area contributed by atoms with Gasteiger partial charge in [-0.25, -0.2) is 0 Å².